The Morgan fingerprint density at radius 2 is 1.64 bits per heavy atom. The summed E-state index contributed by atoms with van der Waals surface area (Å²) in [5, 5.41) is 4.27. The van der Waals surface area contributed by atoms with Gasteiger partial charge in [-0.15, -0.1) is 0 Å². The Morgan fingerprint density at radius 1 is 1.00 bits per heavy atom. The van der Waals surface area contributed by atoms with Gasteiger partial charge in [0.05, 0.1) is 19.2 Å². The summed E-state index contributed by atoms with van der Waals surface area (Å²) in [6, 6.07) is 4.01. The van der Waals surface area contributed by atoms with E-state index >= 15 is 0 Å². The third-order valence-electron chi connectivity index (χ3n) is 3.07. The second-order valence-electron chi connectivity index (χ2n) is 4.83. The molecule has 0 atom stereocenters. The number of hydrogen-bond acceptors (Lipinski definition) is 3. The molecular formula is C16H12F4N2O3. The van der Waals surface area contributed by atoms with Gasteiger partial charge in [-0.05, 0) is 12.1 Å². The van der Waals surface area contributed by atoms with Crippen LogP contribution in [-0.2, 0) is 4.79 Å². The average Bonchev–Trinajstić information content (AvgIpc) is 2.52. The van der Waals surface area contributed by atoms with E-state index in [1.54, 1.807) is 0 Å². The van der Waals surface area contributed by atoms with Gasteiger partial charge < -0.3 is 15.4 Å². The third-order valence-corrected chi connectivity index (χ3v) is 3.07. The first kappa shape index (κ1) is 18.2. The maximum Gasteiger partial charge on any atom is 0.254 e. The number of ether oxygens (including phenoxy) is 1. The van der Waals surface area contributed by atoms with E-state index in [0.717, 1.165) is 31.4 Å². The van der Waals surface area contributed by atoms with Gasteiger partial charge in [-0.1, -0.05) is 0 Å². The normalized spacial score (nSPS) is 10.3. The van der Waals surface area contributed by atoms with E-state index in [9.17, 15) is 27.2 Å². The van der Waals surface area contributed by atoms with Crippen LogP contribution in [0.25, 0.3) is 0 Å². The van der Waals surface area contributed by atoms with Crippen molar-refractivity contribution in [2.75, 3.05) is 19.0 Å². The Bertz CT molecular complexity index is 804. The average molecular weight is 356 g/mol. The van der Waals surface area contributed by atoms with Crippen molar-refractivity contribution in [1.82, 2.24) is 5.32 Å². The number of amides is 2. The molecule has 0 fully saturated rings. The van der Waals surface area contributed by atoms with E-state index in [2.05, 4.69) is 15.4 Å². The van der Waals surface area contributed by atoms with Crippen molar-refractivity contribution in [3.05, 3.63) is 59.2 Å². The van der Waals surface area contributed by atoms with Crippen molar-refractivity contribution in [2.45, 2.75) is 0 Å². The number of hydrogen-bond donors (Lipinski definition) is 2. The molecule has 0 aliphatic rings. The van der Waals surface area contributed by atoms with Gasteiger partial charge in [0.2, 0.25) is 5.91 Å². The van der Waals surface area contributed by atoms with Gasteiger partial charge in [-0.3, -0.25) is 9.59 Å². The highest BCUT2D eigenvalue weighted by molar-refractivity contribution is 5.99. The highest BCUT2D eigenvalue weighted by Gasteiger charge is 2.15. The van der Waals surface area contributed by atoms with E-state index in [4.69, 9.17) is 0 Å². The fourth-order valence-corrected chi connectivity index (χ4v) is 1.96. The number of methoxy groups -OCH3 is 1. The van der Waals surface area contributed by atoms with Crippen LogP contribution in [0.3, 0.4) is 0 Å². The smallest absolute Gasteiger partial charge is 0.254 e. The minimum absolute atomic E-state index is 0.192. The molecule has 0 aliphatic heterocycles. The molecule has 0 heterocycles. The standard InChI is InChI=1S/C16H12F4N2O3/c1-25-15-12(19)5-9(6-13(15)20)22-14(23)7-21-16(24)10-3-2-8(17)4-11(10)18/h2-6H,7H2,1H3,(H,21,24)(H,22,23). The largest absolute Gasteiger partial charge is 0.491 e. The summed E-state index contributed by atoms with van der Waals surface area (Å²) in [4.78, 5) is 23.4. The van der Waals surface area contributed by atoms with Gasteiger partial charge in [0.15, 0.2) is 17.4 Å². The van der Waals surface area contributed by atoms with Crippen LogP contribution in [0, 0.1) is 23.3 Å². The summed E-state index contributed by atoms with van der Waals surface area (Å²) < 4.78 is 57.7. The molecule has 2 aromatic rings. The molecule has 2 rings (SSSR count). The molecule has 0 radical (unpaired) electrons. The molecule has 9 heteroatoms. The van der Waals surface area contributed by atoms with Crippen LogP contribution in [-0.4, -0.2) is 25.5 Å². The lowest BCUT2D eigenvalue weighted by molar-refractivity contribution is -0.115. The fraction of sp³-hybridized carbons (Fsp3) is 0.125. The molecule has 0 spiro atoms. The van der Waals surface area contributed by atoms with Crippen LogP contribution < -0.4 is 15.4 Å². The zero-order valence-corrected chi connectivity index (χ0v) is 12.8. The zero-order valence-electron chi connectivity index (χ0n) is 12.8. The minimum Gasteiger partial charge on any atom is -0.491 e. The molecule has 0 aliphatic carbocycles. The molecule has 0 saturated heterocycles. The van der Waals surface area contributed by atoms with Crippen molar-refractivity contribution >= 4 is 17.5 Å². The van der Waals surface area contributed by atoms with Gasteiger partial charge in [-0.2, -0.15) is 0 Å². The second-order valence-corrected chi connectivity index (χ2v) is 4.83. The SMILES string of the molecule is COc1c(F)cc(NC(=O)CNC(=O)c2ccc(F)cc2F)cc1F. The van der Waals surface area contributed by atoms with E-state index < -0.39 is 52.9 Å². The quantitative estimate of drug-likeness (QED) is 0.810. The van der Waals surface area contributed by atoms with E-state index in [-0.39, 0.29) is 5.69 Å². The fourth-order valence-electron chi connectivity index (χ4n) is 1.96. The number of carbonyl (C=O) groups is 2. The van der Waals surface area contributed by atoms with Crippen molar-refractivity contribution in [3.63, 3.8) is 0 Å². The highest BCUT2D eigenvalue weighted by atomic mass is 19.1. The predicted molar refractivity (Wildman–Crippen MR) is 80.2 cm³/mol. The van der Waals surface area contributed by atoms with Crippen molar-refractivity contribution in [3.8, 4) is 5.75 Å². The number of anilines is 1. The zero-order chi connectivity index (χ0) is 18.6. The number of halogens is 4. The summed E-state index contributed by atoms with van der Waals surface area (Å²) in [7, 11) is 1.09. The van der Waals surface area contributed by atoms with Gasteiger partial charge in [-0.25, -0.2) is 17.6 Å². The maximum absolute atomic E-state index is 13.5. The van der Waals surface area contributed by atoms with Gasteiger partial charge >= 0.3 is 0 Å². The Morgan fingerprint density at radius 3 is 2.20 bits per heavy atom. The third kappa shape index (κ3) is 4.46. The Labute approximate surface area is 139 Å². The first-order valence-electron chi connectivity index (χ1n) is 6.88. The lowest BCUT2D eigenvalue weighted by Gasteiger charge is -2.09. The highest BCUT2D eigenvalue weighted by Crippen LogP contribution is 2.25. The first-order valence-corrected chi connectivity index (χ1v) is 6.88. The molecule has 0 unspecified atom stereocenters. The molecule has 2 N–H and O–H groups in total. The minimum atomic E-state index is -1.09. The summed E-state index contributed by atoms with van der Waals surface area (Å²) in [6.07, 6.45) is 0. The van der Waals surface area contributed by atoms with Crippen LogP contribution in [0.5, 0.6) is 5.75 Å². The molecule has 132 valence electrons. The Kier molecular flexibility index (Phi) is 5.58. The maximum atomic E-state index is 13.5. The molecule has 0 aromatic heterocycles. The van der Waals surface area contributed by atoms with Crippen LogP contribution in [0.2, 0.25) is 0 Å². The molecule has 25 heavy (non-hydrogen) atoms. The topological polar surface area (TPSA) is 67.4 Å². The lowest BCUT2D eigenvalue weighted by Crippen LogP contribution is -2.33. The van der Waals surface area contributed by atoms with Crippen LogP contribution in [0.15, 0.2) is 30.3 Å². The Balaban J connectivity index is 1.98. The second kappa shape index (κ2) is 7.65. The van der Waals surface area contributed by atoms with E-state index in [1.807, 2.05) is 0 Å². The molecular weight excluding hydrogens is 344 g/mol. The van der Waals surface area contributed by atoms with Crippen molar-refractivity contribution in [1.29, 1.82) is 0 Å². The summed E-state index contributed by atoms with van der Waals surface area (Å²) in [5.74, 6) is -6.32. The predicted octanol–water partition coefficient (Wildman–Crippen LogP) is 2.62. The molecule has 5 nitrogen and oxygen atoms in total. The van der Waals surface area contributed by atoms with E-state index in [1.165, 1.54) is 0 Å². The first-order chi connectivity index (χ1) is 11.8. The molecule has 2 amide bonds. The van der Waals surface area contributed by atoms with Crippen LogP contribution in [0.4, 0.5) is 23.2 Å². The van der Waals surface area contributed by atoms with Crippen LogP contribution in [0.1, 0.15) is 10.4 Å². The molecule has 0 bridgehead atoms. The van der Waals surface area contributed by atoms with Crippen molar-refractivity contribution < 1.29 is 31.9 Å². The van der Waals surface area contributed by atoms with Crippen molar-refractivity contribution in [2.24, 2.45) is 0 Å². The number of benzene rings is 2. The summed E-state index contributed by atoms with van der Waals surface area (Å²) in [5.41, 5.74) is -0.640. The number of rotatable bonds is 5. The summed E-state index contributed by atoms with van der Waals surface area (Å²) >= 11 is 0. The lowest BCUT2D eigenvalue weighted by atomic mass is 10.2. The Hall–Kier alpha value is -3.10. The van der Waals surface area contributed by atoms with Gasteiger partial charge in [0.25, 0.3) is 5.91 Å². The van der Waals surface area contributed by atoms with E-state index in [0.29, 0.717) is 6.07 Å². The monoisotopic (exact) mass is 356 g/mol. The number of nitrogens with one attached hydrogen (secondary N) is 2. The van der Waals surface area contributed by atoms with Gasteiger partial charge in [0.1, 0.15) is 11.6 Å². The molecule has 2 aromatic carbocycles. The van der Waals surface area contributed by atoms with Crippen LogP contribution >= 0.6 is 0 Å². The van der Waals surface area contributed by atoms with Gasteiger partial charge in [0, 0.05) is 23.9 Å². The summed E-state index contributed by atoms with van der Waals surface area (Å²) in [6.45, 7) is -0.592. The number of carbonyl (C=O) groups excluding carboxylic acids is 2. The molecule has 0 saturated carbocycles.